The van der Waals surface area contributed by atoms with Crippen molar-refractivity contribution in [3.8, 4) is 0 Å². The number of carboxylic acid groups (broad SMARTS) is 1. The highest BCUT2D eigenvalue weighted by Gasteiger charge is 2.43. The summed E-state index contributed by atoms with van der Waals surface area (Å²) in [6, 6.07) is 0. The van der Waals surface area contributed by atoms with E-state index >= 15 is 0 Å². The molecular weight excluding hydrogens is 266 g/mol. The first-order chi connectivity index (χ1) is 9.07. The number of nitrogens with zero attached hydrogens (tertiary/aromatic N) is 2. The number of hydrogen-bond acceptors (Lipinski definition) is 5. The van der Waals surface area contributed by atoms with Gasteiger partial charge in [-0.2, -0.15) is 0 Å². The second kappa shape index (κ2) is 5.64. The lowest BCUT2D eigenvalue weighted by Crippen LogP contribution is -2.56. The van der Waals surface area contributed by atoms with Crippen molar-refractivity contribution >= 4 is 23.4 Å². The predicted molar refractivity (Wildman–Crippen MR) is 70.0 cm³/mol. The number of hydrogen-bond donors (Lipinski definition) is 2. The van der Waals surface area contributed by atoms with Crippen LogP contribution in [0.5, 0.6) is 0 Å². The van der Waals surface area contributed by atoms with E-state index in [1.54, 1.807) is 0 Å². The Morgan fingerprint density at radius 3 is 2.68 bits per heavy atom. The molecule has 7 heteroatoms. The van der Waals surface area contributed by atoms with Crippen molar-refractivity contribution in [2.24, 2.45) is 5.92 Å². The molecule has 1 aliphatic carbocycles. The van der Waals surface area contributed by atoms with E-state index in [1.165, 1.54) is 6.20 Å². The summed E-state index contributed by atoms with van der Waals surface area (Å²) in [5.41, 5.74) is -1.13. The molecule has 104 valence electrons. The highest BCUT2D eigenvalue weighted by atomic mass is 32.1. The highest BCUT2D eigenvalue weighted by Crippen LogP contribution is 2.34. The molecule has 1 fully saturated rings. The SMILES string of the molecule is CCC1CCC(NC(=O)c2cnns2)(C(=O)O)CC1. The van der Waals surface area contributed by atoms with Crippen LogP contribution in [0.15, 0.2) is 6.20 Å². The van der Waals surface area contributed by atoms with Gasteiger partial charge in [0.2, 0.25) is 0 Å². The fourth-order valence-electron chi connectivity index (χ4n) is 2.52. The molecule has 1 heterocycles. The molecule has 0 aromatic carbocycles. The Bertz CT molecular complexity index is 453. The van der Waals surface area contributed by atoms with Crippen molar-refractivity contribution in [3.63, 3.8) is 0 Å². The molecule has 6 nitrogen and oxygen atoms in total. The molecule has 1 saturated carbocycles. The molecule has 1 amide bonds. The second-order valence-corrected chi connectivity index (χ2v) is 5.76. The van der Waals surface area contributed by atoms with E-state index in [0.717, 1.165) is 30.8 Å². The van der Waals surface area contributed by atoms with Crippen LogP contribution in [0.1, 0.15) is 48.7 Å². The Kier molecular flexibility index (Phi) is 4.14. The Morgan fingerprint density at radius 2 is 2.21 bits per heavy atom. The largest absolute Gasteiger partial charge is 0.480 e. The maximum absolute atomic E-state index is 12.0. The number of carbonyl (C=O) groups is 2. The summed E-state index contributed by atoms with van der Waals surface area (Å²) in [6.45, 7) is 2.11. The lowest BCUT2D eigenvalue weighted by Gasteiger charge is -2.37. The number of amides is 1. The summed E-state index contributed by atoms with van der Waals surface area (Å²) in [5, 5.41) is 15.7. The van der Waals surface area contributed by atoms with Crippen LogP contribution < -0.4 is 5.32 Å². The molecule has 1 aliphatic rings. The van der Waals surface area contributed by atoms with Crippen LogP contribution in [0.4, 0.5) is 0 Å². The minimum absolute atomic E-state index is 0.346. The van der Waals surface area contributed by atoms with Gasteiger partial charge in [0.05, 0.1) is 6.20 Å². The minimum Gasteiger partial charge on any atom is -0.480 e. The minimum atomic E-state index is -1.13. The normalized spacial score (nSPS) is 26.9. The van der Waals surface area contributed by atoms with Gasteiger partial charge >= 0.3 is 5.97 Å². The number of nitrogens with one attached hydrogen (secondary N) is 1. The molecule has 0 saturated heterocycles. The lowest BCUT2D eigenvalue weighted by molar-refractivity contribution is -0.146. The number of aliphatic carboxylic acids is 1. The number of aromatic nitrogens is 2. The molecule has 1 aromatic rings. The van der Waals surface area contributed by atoms with Crippen LogP contribution in [0.25, 0.3) is 0 Å². The maximum atomic E-state index is 12.0. The van der Waals surface area contributed by atoms with Crippen molar-refractivity contribution in [3.05, 3.63) is 11.1 Å². The van der Waals surface area contributed by atoms with Gasteiger partial charge < -0.3 is 10.4 Å². The average molecular weight is 283 g/mol. The number of carbonyl (C=O) groups excluding carboxylic acids is 1. The van der Waals surface area contributed by atoms with Gasteiger partial charge in [-0.15, -0.1) is 5.10 Å². The van der Waals surface area contributed by atoms with Crippen molar-refractivity contribution in [1.82, 2.24) is 14.9 Å². The third-order valence-corrected chi connectivity index (χ3v) is 4.55. The first-order valence-electron chi connectivity index (χ1n) is 6.40. The molecule has 0 aliphatic heterocycles. The molecule has 19 heavy (non-hydrogen) atoms. The van der Waals surface area contributed by atoms with Crippen molar-refractivity contribution in [1.29, 1.82) is 0 Å². The van der Waals surface area contributed by atoms with Crippen molar-refractivity contribution in [2.75, 3.05) is 0 Å². The molecule has 0 bridgehead atoms. The average Bonchev–Trinajstić information content (AvgIpc) is 2.93. The van der Waals surface area contributed by atoms with Crippen LogP contribution in [0.3, 0.4) is 0 Å². The van der Waals surface area contributed by atoms with Gasteiger partial charge in [0.1, 0.15) is 10.4 Å². The summed E-state index contributed by atoms with van der Waals surface area (Å²) >= 11 is 0.969. The van der Waals surface area contributed by atoms with E-state index in [0.29, 0.717) is 23.6 Å². The molecule has 2 N–H and O–H groups in total. The van der Waals surface area contributed by atoms with E-state index in [9.17, 15) is 14.7 Å². The Hall–Kier alpha value is -1.50. The standard InChI is InChI=1S/C12H17N3O3S/c1-2-8-3-5-12(6-4-8,11(17)18)14-10(16)9-7-13-15-19-9/h7-8H,2-6H2,1H3,(H,14,16)(H,17,18). The maximum Gasteiger partial charge on any atom is 0.329 e. The quantitative estimate of drug-likeness (QED) is 0.877. The van der Waals surface area contributed by atoms with Gasteiger partial charge in [-0.25, -0.2) is 4.79 Å². The van der Waals surface area contributed by atoms with Crippen LogP contribution in [-0.4, -0.2) is 32.1 Å². The summed E-state index contributed by atoms with van der Waals surface area (Å²) in [7, 11) is 0. The lowest BCUT2D eigenvalue weighted by atomic mass is 9.75. The zero-order valence-corrected chi connectivity index (χ0v) is 11.6. The first kappa shape index (κ1) is 13.9. The predicted octanol–water partition coefficient (Wildman–Crippen LogP) is 1.69. The van der Waals surface area contributed by atoms with Gasteiger partial charge in [0, 0.05) is 0 Å². The molecule has 0 unspecified atom stereocenters. The zero-order chi connectivity index (χ0) is 13.9. The monoisotopic (exact) mass is 283 g/mol. The Balaban J connectivity index is 2.09. The van der Waals surface area contributed by atoms with E-state index in [4.69, 9.17) is 0 Å². The van der Waals surface area contributed by atoms with E-state index < -0.39 is 17.4 Å². The van der Waals surface area contributed by atoms with Crippen LogP contribution in [-0.2, 0) is 4.79 Å². The molecule has 1 aromatic heterocycles. The third-order valence-electron chi connectivity index (χ3n) is 3.88. The van der Waals surface area contributed by atoms with E-state index in [2.05, 4.69) is 21.8 Å². The van der Waals surface area contributed by atoms with Crippen LogP contribution in [0, 0.1) is 5.92 Å². The first-order valence-corrected chi connectivity index (χ1v) is 7.18. The molecule has 2 rings (SSSR count). The van der Waals surface area contributed by atoms with Crippen LogP contribution in [0.2, 0.25) is 0 Å². The fourth-order valence-corrected chi connectivity index (χ4v) is 2.93. The molecule has 0 radical (unpaired) electrons. The van der Waals surface area contributed by atoms with Gasteiger partial charge in [-0.3, -0.25) is 4.79 Å². The number of rotatable bonds is 4. The summed E-state index contributed by atoms with van der Waals surface area (Å²) in [6.07, 6.45) is 5.06. The van der Waals surface area contributed by atoms with E-state index in [-0.39, 0.29) is 0 Å². The third kappa shape index (κ3) is 2.91. The van der Waals surface area contributed by atoms with Crippen molar-refractivity contribution in [2.45, 2.75) is 44.6 Å². The number of carboxylic acids is 1. The molecular formula is C12H17N3O3S. The van der Waals surface area contributed by atoms with Gasteiger partial charge in [0.15, 0.2) is 0 Å². The Morgan fingerprint density at radius 1 is 1.53 bits per heavy atom. The molecule has 0 spiro atoms. The van der Waals surface area contributed by atoms with Crippen LogP contribution >= 0.6 is 11.5 Å². The smallest absolute Gasteiger partial charge is 0.329 e. The van der Waals surface area contributed by atoms with Gasteiger partial charge in [-0.1, -0.05) is 17.8 Å². The summed E-state index contributed by atoms with van der Waals surface area (Å²) in [4.78, 5) is 23.9. The highest BCUT2D eigenvalue weighted by molar-refractivity contribution is 7.07. The second-order valence-electron chi connectivity index (χ2n) is 4.97. The summed E-state index contributed by atoms with van der Waals surface area (Å²) < 4.78 is 3.61. The van der Waals surface area contributed by atoms with Crippen molar-refractivity contribution < 1.29 is 14.7 Å². The topological polar surface area (TPSA) is 92.2 Å². The van der Waals surface area contributed by atoms with Gasteiger partial charge in [0.25, 0.3) is 5.91 Å². The Labute approximate surface area is 115 Å². The molecule has 0 atom stereocenters. The van der Waals surface area contributed by atoms with E-state index in [1.807, 2.05) is 0 Å². The van der Waals surface area contributed by atoms with Gasteiger partial charge in [-0.05, 0) is 43.1 Å². The summed E-state index contributed by atoms with van der Waals surface area (Å²) in [5.74, 6) is -0.783. The zero-order valence-electron chi connectivity index (χ0n) is 10.8. The fraction of sp³-hybridized carbons (Fsp3) is 0.667.